The maximum absolute atomic E-state index is 5.90. The Balaban J connectivity index is 1.75. The molecule has 2 aromatic heterocycles. The van der Waals surface area contributed by atoms with Gasteiger partial charge in [-0.3, -0.25) is 4.98 Å². The Morgan fingerprint density at radius 3 is 2.65 bits per heavy atom. The predicted octanol–water partition coefficient (Wildman–Crippen LogP) is 4.42. The second-order valence-electron chi connectivity index (χ2n) is 5.03. The quantitative estimate of drug-likeness (QED) is 0.754. The molecule has 1 aromatic carbocycles. The van der Waals surface area contributed by atoms with Crippen molar-refractivity contribution in [2.24, 2.45) is 0 Å². The fraction of sp³-hybridized carbons (Fsp3) is 0.111. The molecule has 1 N–H and O–H groups in total. The van der Waals surface area contributed by atoms with E-state index in [0.717, 1.165) is 27.4 Å². The van der Waals surface area contributed by atoms with Crippen LogP contribution in [0.25, 0.3) is 11.1 Å². The van der Waals surface area contributed by atoms with E-state index in [1.54, 1.807) is 19.5 Å². The van der Waals surface area contributed by atoms with E-state index in [1.807, 2.05) is 42.6 Å². The lowest BCUT2D eigenvalue weighted by Gasteiger charge is -2.09. The fourth-order valence-electron chi connectivity index (χ4n) is 2.20. The zero-order valence-corrected chi connectivity index (χ0v) is 13.4. The van der Waals surface area contributed by atoms with Gasteiger partial charge in [0.05, 0.1) is 12.8 Å². The maximum atomic E-state index is 5.90. The molecule has 0 atom stereocenters. The molecule has 0 bridgehead atoms. The number of hydrogen-bond donors (Lipinski definition) is 1. The van der Waals surface area contributed by atoms with Crippen LogP contribution >= 0.6 is 11.6 Å². The van der Waals surface area contributed by atoms with Crippen LogP contribution in [0.2, 0.25) is 5.02 Å². The summed E-state index contributed by atoms with van der Waals surface area (Å²) >= 11 is 5.90. The predicted molar refractivity (Wildman–Crippen MR) is 92.8 cm³/mol. The van der Waals surface area contributed by atoms with Crippen molar-refractivity contribution in [3.8, 4) is 17.0 Å². The number of pyridine rings is 2. The minimum Gasteiger partial charge on any atom is -0.481 e. The summed E-state index contributed by atoms with van der Waals surface area (Å²) in [5.74, 6) is 0.585. The number of halogens is 1. The Kier molecular flexibility index (Phi) is 4.74. The zero-order chi connectivity index (χ0) is 16.1. The van der Waals surface area contributed by atoms with Crippen molar-refractivity contribution in [1.29, 1.82) is 0 Å². The van der Waals surface area contributed by atoms with Gasteiger partial charge in [0.25, 0.3) is 0 Å². The van der Waals surface area contributed by atoms with Crippen molar-refractivity contribution < 1.29 is 4.74 Å². The van der Waals surface area contributed by atoms with Crippen LogP contribution < -0.4 is 10.1 Å². The van der Waals surface area contributed by atoms with Gasteiger partial charge in [-0.2, -0.15) is 0 Å². The van der Waals surface area contributed by atoms with Gasteiger partial charge in [0.2, 0.25) is 5.88 Å². The van der Waals surface area contributed by atoms with Gasteiger partial charge in [-0.1, -0.05) is 23.7 Å². The van der Waals surface area contributed by atoms with Crippen molar-refractivity contribution >= 4 is 17.3 Å². The highest BCUT2D eigenvalue weighted by molar-refractivity contribution is 6.30. The molecule has 0 amide bonds. The van der Waals surface area contributed by atoms with Crippen LogP contribution in [0.5, 0.6) is 5.88 Å². The largest absolute Gasteiger partial charge is 0.481 e. The van der Waals surface area contributed by atoms with Crippen molar-refractivity contribution in [1.82, 2.24) is 9.97 Å². The molecule has 0 fully saturated rings. The number of methoxy groups -OCH3 is 1. The first-order valence-electron chi connectivity index (χ1n) is 7.18. The SMILES string of the molecule is COc1cc(-c2cncc(NCc3ccc(Cl)cc3)c2)ccn1. The van der Waals surface area contributed by atoms with E-state index < -0.39 is 0 Å². The number of nitrogens with zero attached hydrogens (tertiary/aromatic N) is 2. The molecule has 3 aromatic rings. The lowest BCUT2D eigenvalue weighted by atomic mass is 10.1. The van der Waals surface area contributed by atoms with Gasteiger partial charge in [0, 0.05) is 41.8 Å². The monoisotopic (exact) mass is 325 g/mol. The molecule has 0 saturated heterocycles. The van der Waals surface area contributed by atoms with Crippen molar-refractivity contribution in [2.45, 2.75) is 6.54 Å². The lowest BCUT2D eigenvalue weighted by molar-refractivity contribution is 0.398. The van der Waals surface area contributed by atoms with Gasteiger partial charge in [0.1, 0.15) is 0 Å². The van der Waals surface area contributed by atoms with Gasteiger partial charge >= 0.3 is 0 Å². The fourth-order valence-corrected chi connectivity index (χ4v) is 2.33. The molecule has 0 unspecified atom stereocenters. The molecule has 0 aliphatic carbocycles. The van der Waals surface area contributed by atoms with Crippen LogP contribution in [-0.4, -0.2) is 17.1 Å². The Hall–Kier alpha value is -2.59. The average molecular weight is 326 g/mol. The van der Waals surface area contributed by atoms with Crippen LogP contribution in [0.4, 0.5) is 5.69 Å². The molecule has 2 heterocycles. The van der Waals surface area contributed by atoms with Crippen LogP contribution in [0.15, 0.2) is 61.1 Å². The van der Waals surface area contributed by atoms with Crippen molar-refractivity contribution in [3.63, 3.8) is 0 Å². The number of rotatable bonds is 5. The van der Waals surface area contributed by atoms with Crippen LogP contribution in [0.3, 0.4) is 0 Å². The zero-order valence-electron chi connectivity index (χ0n) is 12.7. The molecular formula is C18H16ClN3O. The third kappa shape index (κ3) is 3.99. The highest BCUT2D eigenvalue weighted by Crippen LogP contribution is 2.24. The second-order valence-corrected chi connectivity index (χ2v) is 5.47. The van der Waals surface area contributed by atoms with Gasteiger partial charge in [-0.25, -0.2) is 4.98 Å². The number of anilines is 1. The summed E-state index contributed by atoms with van der Waals surface area (Å²) < 4.78 is 5.16. The maximum Gasteiger partial charge on any atom is 0.213 e. The molecule has 0 radical (unpaired) electrons. The summed E-state index contributed by atoms with van der Waals surface area (Å²) in [4.78, 5) is 8.42. The van der Waals surface area contributed by atoms with E-state index in [1.165, 1.54) is 0 Å². The molecule has 5 heteroatoms. The first-order chi connectivity index (χ1) is 11.2. The lowest BCUT2D eigenvalue weighted by Crippen LogP contribution is -1.99. The third-order valence-electron chi connectivity index (χ3n) is 3.43. The summed E-state index contributed by atoms with van der Waals surface area (Å²) in [6.45, 7) is 0.710. The van der Waals surface area contributed by atoms with E-state index in [4.69, 9.17) is 16.3 Å². The van der Waals surface area contributed by atoms with E-state index in [9.17, 15) is 0 Å². The topological polar surface area (TPSA) is 47.0 Å². The molecule has 0 saturated carbocycles. The summed E-state index contributed by atoms with van der Waals surface area (Å²) in [5, 5.41) is 4.11. The number of aromatic nitrogens is 2. The number of hydrogen-bond acceptors (Lipinski definition) is 4. The Bertz CT molecular complexity index is 790. The number of ether oxygens (including phenoxy) is 1. The van der Waals surface area contributed by atoms with E-state index in [0.29, 0.717) is 12.4 Å². The molecule has 23 heavy (non-hydrogen) atoms. The molecule has 0 spiro atoms. The van der Waals surface area contributed by atoms with Crippen LogP contribution in [0, 0.1) is 0 Å². The van der Waals surface area contributed by atoms with Crippen molar-refractivity contribution in [3.05, 3.63) is 71.6 Å². The molecular weight excluding hydrogens is 310 g/mol. The van der Waals surface area contributed by atoms with E-state index in [2.05, 4.69) is 21.4 Å². The smallest absolute Gasteiger partial charge is 0.213 e. The molecule has 3 rings (SSSR count). The molecule has 4 nitrogen and oxygen atoms in total. The first-order valence-corrected chi connectivity index (χ1v) is 7.56. The third-order valence-corrected chi connectivity index (χ3v) is 3.68. The van der Waals surface area contributed by atoms with E-state index >= 15 is 0 Å². The van der Waals surface area contributed by atoms with Gasteiger partial charge in [0.15, 0.2) is 0 Å². The van der Waals surface area contributed by atoms with Gasteiger partial charge in [-0.15, -0.1) is 0 Å². The van der Waals surface area contributed by atoms with Gasteiger partial charge in [-0.05, 0) is 35.4 Å². The second kappa shape index (κ2) is 7.11. The van der Waals surface area contributed by atoms with Crippen molar-refractivity contribution in [2.75, 3.05) is 12.4 Å². The minimum atomic E-state index is 0.585. The molecule has 0 aliphatic heterocycles. The number of nitrogens with one attached hydrogen (secondary N) is 1. The van der Waals surface area contributed by atoms with E-state index in [-0.39, 0.29) is 0 Å². The average Bonchev–Trinajstić information content (AvgIpc) is 2.61. The Morgan fingerprint density at radius 2 is 1.87 bits per heavy atom. The normalized spacial score (nSPS) is 10.3. The first kappa shape index (κ1) is 15.3. The Labute approximate surface area is 140 Å². The Morgan fingerprint density at radius 1 is 1.04 bits per heavy atom. The molecule has 116 valence electrons. The number of benzene rings is 1. The summed E-state index contributed by atoms with van der Waals surface area (Å²) in [6, 6.07) is 13.6. The highest BCUT2D eigenvalue weighted by atomic mass is 35.5. The van der Waals surface area contributed by atoms with Crippen LogP contribution in [0.1, 0.15) is 5.56 Å². The van der Waals surface area contributed by atoms with Crippen LogP contribution in [-0.2, 0) is 6.54 Å². The summed E-state index contributed by atoms with van der Waals surface area (Å²) in [7, 11) is 1.61. The highest BCUT2D eigenvalue weighted by Gasteiger charge is 2.03. The minimum absolute atomic E-state index is 0.585. The van der Waals surface area contributed by atoms with Gasteiger partial charge < -0.3 is 10.1 Å². The standard InChI is InChI=1S/C18H16ClN3O/c1-23-18-9-14(6-7-21-18)15-8-17(12-20-11-15)22-10-13-2-4-16(19)5-3-13/h2-9,11-12,22H,10H2,1H3. The summed E-state index contributed by atoms with van der Waals surface area (Å²) in [5.41, 5.74) is 4.13. The molecule has 0 aliphatic rings. The summed E-state index contributed by atoms with van der Waals surface area (Å²) in [6.07, 6.45) is 5.35.